The summed E-state index contributed by atoms with van der Waals surface area (Å²) in [6, 6.07) is 16.9. The van der Waals surface area contributed by atoms with E-state index >= 15 is 0 Å². The molecular weight excluding hydrogens is 300 g/mol. The summed E-state index contributed by atoms with van der Waals surface area (Å²) in [6.07, 6.45) is 0. The van der Waals surface area contributed by atoms with Crippen molar-refractivity contribution in [1.29, 1.82) is 0 Å². The van der Waals surface area contributed by atoms with Gasteiger partial charge in [0, 0.05) is 23.6 Å². The topological polar surface area (TPSA) is 38.0 Å². The lowest BCUT2D eigenvalue weighted by Gasteiger charge is -2.19. The number of benzene rings is 2. The molecule has 100 valence electrons. The van der Waals surface area contributed by atoms with Crippen molar-refractivity contribution in [2.45, 2.75) is 19.5 Å². The van der Waals surface area contributed by atoms with Gasteiger partial charge in [0.15, 0.2) is 0 Å². The van der Waals surface area contributed by atoms with Crippen LogP contribution in [0.5, 0.6) is 0 Å². The molecule has 0 saturated heterocycles. The van der Waals surface area contributed by atoms with Gasteiger partial charge in [-0.3, -0.25) is 0 Å². The van der Waals surface area contributed by atoms with Crippen molar-refractivity contribution in [3.05, 3.63) is 69.7 Å². The molecule has 0 amide bonds. The first kappa shape index (κ1) is 14.3. The summed E-state index contributed by atoms with van der Waals surface area (Å²) >= 11 is 3.62. The van der Waals surface area contributed by atoms with Gasteiger partial charge in [-0.25, -0.2) is 0 Å². The third-order valence-corrected chi connectivity index (χ3v) is 3.85. The smallest absolute Gasteiger partial charge is 0.0458 e. The fourth-order valence-corrected chi connectivity index (χ4v) is 2.84. The predicted molar refractivity (Wildman–Crippen MR) is 84.0 cm³/mol. The molecule has 2 aromatic rings. The van der Waals surface area contributed by atoms with Gasteiger partial charge < -0.3 is 11.1 Å². The molecule has 2 nitrogen and oxygen atoms in total. The molecule has 1 unspecified atom stereocenters. The molecule has 3 N–H and O–H groups in total. The Morgan fingerprint density at radius 2 is 1.89 bits per heavy atom. The third kappa shape index (κ3) is 3.90. The second-order valence-corrected chi connectivity index (χ2v) is 5.53. The molecule has 0 fully saturated rings. The maximum absolute atomic E-state index is 5.89. The second-order valence-electron chi connectivity index (χ2n) is 4.68. The zero-order valence-electron chi connectivity index (χ0n) is 11.1. The van der Waals surface area contributed by atoms with E-state index in [-0.39, 0.29) is 6.04 Å². The average molecular weight is 319 g/mol. The molecule has 0 spiro atoms. The monoisotopic (exact) mass is 318 g/mol. The molecule has 0 saturated carbocycles. The molecule has 0 aliphatic carbocycles. The Hall–Kier alpha value is -1.16. The van der Waals surface area contributed by atoms with Crippen LogP contribution in [0.15, 0.2) is 53.0 Å². The summed E-state index contributed by atoms with van der Waals surface area (Å²) in [5.41, 5.74) is 9.62. The van der Waals surface area contributed by atoms with Crippen molar-refractivity contribution in [3.63, 3.8) is 0 Å². The minimum absolute atomic E-state index is 0.162. The van der Waals surface area contributed by atoms with E-state index < -0.39 is 0 Å². The first-order chi connectivity index (χ1) is 9.20. The number of rotatable bonds is 5. The van der Waals surface area contributed by atoms with Gasteiger partial charge in [0.2, 0.25) is 0 Å². The average Bonchev–Trinajstić information content (AvgIpc) is 2.42. The highest BCUT2D eigenvalue weighted by atomic mass is 79.9. The summed E-state index contributed by atoms with van der Waals surface area (Å²) in [5.74, 6) is 0. The van der Waals surface area contributed by atoms with Gasteiger partial charge in [0.05, 0.1) is 0 Å². The predicted octanol–water partition coefficient (Wildman–Crippen LogP) is 3.55. The van der Waals surface area contributed by atoms with E-state index in [1.54, 1.807) is 0 Å². The van der Waals surface area contributed by atoms with Crippen molar-refractivity contribution < 1.29 is 0 Å². The quantitative estimate of drug-likeness (QED) is 0.884. The summed E-state index contributed by atoms with van der Waals surface area (Å²) in [4.78, 5) is 0. The minimum atomic E-state index is 0.162. The molecule has 0 bridgehead atoms. The van der Waals surface area contributed by atoms with Crippen LogP contribution in [0, 0.1) is 6.92 Å². The number of halogens is 1. The molecule has 0 aromatic heterocycles. The van der Waals surface area contributed by atoms with E-state index in [2.05, 4.69) is 70.6 Å². The zero-order chi connectivity index (χ0) is 13.7. The van der Waals surface area contributed by atoms with E-state index in [0.717, 1.165) is 11.0 Å². The highest BCUT2D eigenvalue weighted by molar-refractivity contribution is 9.10. The molecule has 0 aliphatic heterocycles. The maximum atomic E-state index is 5.89. The van der Waals surface area contributed by atoms with Crippen LogP contribution in [-0.2, 0) is 6.54 Å². The third-order valence-electron chi connectivity index (χ3n) is 3.16. The van der Waals surface area contributed by atoms with Crippen molar-refractivity contribution >= 4 is 15.9 Å². The van der Waals surface area contributed by atoms with Crippen LogP contribution in [0.25, 0.3) is 0 Å². The van der Waals surface area contributed by atoms with Crippen molar-refractivity contribution in [3.8, 4) is 0 Å². The van der Waals surface area contributed by atoms with Gasteiger partial charge >= 0.3 is 0 Å². The normalized spacial score (nSPS) is 12.4. The molecule has 1 atom stereocenters. The molecular formula is C16H19BrN2. The Bertz CT molecular complexity index is 526. The van der Waals surface area contributed by atoms with E-state index in [4.69, 9.17) is 5.73 Å². The van der Waals surface area contributed by atoms with Crippen LogP contribution < -0.4 is 11.1 Å². The standard InChI is InChI=1S/C16H19BrN2/c1-12-7-8-14(15(17)9-12)16(10-18)19-11-13-5-3-2-4-6-13/h2-9,16,19H,10-11,18H2,1H3. The van der Waals surface area contributed by atoms with Gasteiger partial charge in [-0.15, -0.1) is 0 Å². The number of nitrogens with one attached hydrogen (secondary N) is 1. The minimum Gasteiger partial charge on any atom is -0.329 e. The van der Waals surface area contributed by atoms with Gasteiger partial charge in [-0.05, 0) is 29.7 Å². The van der Waals surface area contributed by atoms with Gasteiger partial charge in [-0.2, -0.15) is 0 Å². The van der Waals surface area contributed by atoms with Crippen LogP contribution in [0.2, 0.25) is 0 Å². The number of hydrogen-bond acceptors (Lipinski definition) is 2. The molecule has 0 heterocycles. The first-order valence-electron chi connectivity index (χ1n) is 6.44. The van der Waals surface area contributed by atoms with Crippen molar-refractivity contribution in [1.82, 2.24) is 5.32 Å². The Kier molecular flexibility index (Phi) is 5.14. The first-order valence-corrected chi connectivity index (χ1v) is 7.23. The SMILES string of the molecule is Cc1ccc(C(CN)NCc2ccccc2)c(Br)c1. The fourth-order valence-electron chi connectivity index (χ4n) is 2.07. The molecule has 19 heavy (non-hydrogen) atoms. The lowest BCUT2D eigenvalue weighted by Crippen LogP contribution is -2.28. The van der Waals surface area contributed by atoms with Crippen LogP contribution in [0.1, 0.15) is 22.7 Å². The fraction of sp³-hybridized carbons (Fsp3) is 0.250. The Labute approximate surface area is 123 Å². The van der Waals surface area contributed by atoms with Crippen molar-refractivity contribution in [2.75, 3.05) is 6.54 Å². The highest BCUT2D eigenvalue weighted by Crippen LogP contribution is 2.24. The molecule has 2 rings (SSSR count). The lowest BCUT2D eigenvalue weighted by atomic mass is 10.0. The zero-order valence-corrected chi connectivity index (χ0v) is 12.7. The van der Waals surface area contributed by atoms with E-state index in [1.165, 1.54) is 16.7 Å². The van der Waals surface area contributed by atoms with Gasteiger partial charge in [-0.1, -0.05) is 58.4 Å². The van der Waals surface area contributed by atoms with Crippen LogP contribution in [0.3, 0.4) is 0 Å². The lowest BCUT2D eigenvalue weighted by molar-refractivity contribution is 0.540. The molecule has 3 heteroatoms. The van der Waals surface area contributed by atoms with Crippen LogP contribution >= 0.6 is 15.9 Å². The van der Waals surface area contributed by atoms with Gasteiger partial charge in [0.25, 0.3) is 0 Å². The Morgan fingerprint density at radius 3 is 2.53 bits per heavy atom. The van der Waals surface area contributed by atoms with Gasteiger partial charge in [0.1, 0.15) is 0 Å². The molecule has 0 aliphatic rings. The molecule has 0 radical (unpaired) electrons. The number of nitrogens with two attached hydrogens (primary N) is 1. The number of hydrogen-bond donors (Lipinski definition) is 2. The van der Waals surface area contributed by atoms with Crippen LogP contribution in [-0.4, -0.2) is 6.54 Å². The number of aryl methyl sites for hydroxylation is 1. The van der Waals surface area contributed by atoms with E-state index in [0.29, 0.717) is 6.54 Å². The van der Waals surface area contributed by atoms with Crippen molar-refractivity contribution in [2.24, 2.45) is 5.73 Å². The highest BCUT2D eigenvalue weighted by Gasteiger charge is 2.12. The summed E-state index contributed by atoms with van der Waals surface area (Å²) in [6.45, 7) is 3.49. The van der Waals surface area contributed by atoms with E-state index in [1.807, 2.05) is 6.07 Å². The second kappa shape index (κ2) is 6.85. The largest absolute Gasteiger partial charge is 0.329 e. The van der Waals surface area contributed by atoms with Crippen LogP contribution in [0.4, 0.5) is 0 Å². The Morgan fingerprint density at radius 1 is 1.16 bits per heavy atom. The molecule has 2 aromatic carbocycles. The summed E-state index contributed by atoms with van der Waals surface area (Å²) in [7, 11) is 0. The summed E-state index contributed by atoms with van der Waals surface area (Å²) < 4.78 is 1.11. The Balaban J connectivity index is 2.08. The summed E-state index contributed by atoms with van der Waals surface area (Å²) in [5, 5.41) is 3.51. The van der Waals surface area contributed by atoms with E-state index in [9.17, 15) is 0 Å². The maximum Gasteiger partial charge on any atom is 0.0458 e.